The first kappa shape index (κ1) is 25.7. The third-order valence-corrected chi connectivity index (χ3v) is 8.21. The van der Waals surface area contributed by atoms with Crippen molar-refractivity contribution in [3.63, 3.8) is 0 Å². The molecule has 0 aromatic carbocycles. The van der Waals surface area contributed by atoms with Gasteiger partial charge in [0.2, 0.25) is 11.8 Å². The molecule has 10 heteroatoms. The second-order valence-electron chi connectivity index (χ2n) is 11.9. The number of aliphatic hydroxyl groups is 1. The molecule has 35 heavy (non-hydrogen) atoms. The normalized spacial score (nSPS) is 36.1. The molecule has 0 spiro atoms. The maximum atomic E-state index is 13.6. The van der Waals surface area contributed by atoms with Gasteiger partial charge >= 0.3 is 12.1 Å². The first-order valence-electron chi connectivity index (χ1n) is 12.8. The van der Waals surface area contributed by atoms with Crippen LogP contribution in [0.3, 0.4) is 0 Å². The van der Waals surface area contributed by atoms with E-state index in [1.807, 2.05) is 27.7 Å². The summed E-state index contributed by atoms with van der Waals surface area (Å²) in [4.78, 5) is 53.3. The van der Waals surface area contributed by atoms with Crippen molar-refractivity contribution < 1.29 is 33.8 Å². The molecule has 1 heterocycles. The summed E-state index contributed by atoms with van der Waals surface area (Å²) < 4.78 is 10.5. The van der Waals surface area contributed by atoms with Crippen LogP contribution >= 0.6 is 0 Å². The van der Waals surface area contributed by atoms with Crippen LogP contribution in [0, 0.1) is 23.2 Å². The molecule has 0 aromatic rings. The number of methoxy groups -OCH3 is 1. The maximum Gasteiger partial charge on any atom is 0.408 e. The van der Waals surface area contributed by atoms with Crippen molar-refractivity contribution in [2.75, 3.05) is 13.7 Å². The van der Waals surface area contributed by atoms with Crippen molar-refractivity contribution in [3.8, 4) is 0 Å². The summed E-state index contributed by atoms with van der Waals surface area (Å²) in [6.45, 7) is 7.37. The molecule has 3 saturated carbocycles. The van der Waals surface area contributed by atoms with Gasteiger partial charge in [-0.2, -0.15) is 0 Å². The van der Waals surface area contributed by atoms with Crippen LogP contribution in [-0.2, 0) is 23.9 Å². The van der Waals surface area contributed by atoms with Crippen LogP contribution in [0.5, 0.6) is 0 Å². The SMILES string of the molecule is CC[C@@H]1C[C@]1(NC(=O)[C@@H]1C[C@H](O)CN1C(=O)[C@@H](NC(=O)OC1CC2C[C@@H]2C1)C(C)(C)C)C(=O)OC. The number of alkyl carbamates (subject to hydrolysis) is 1. The van der Waals surface area contributed by atoms with Gasteiger partial charge in [0, 0.05) is 13.0 Å². The number of β-amino-alcohol motifs (C(OH)–C–C–N with tert-alkyl or cyclic N) is 1. The largest absolute Gasteiger partial charge is 0.467 e. The maximum absolute atomic E-state index is 13.6. The molecule has 4 fully saturated rings. The van der Waals surface area contributed by atoms with Gasteiger partial charge in [-0.25, -0.2) is 9.59 Å². The van der Waals surface area contributed by atoms with Gasteiger partial charge in [0.1, 0.15) is 23.7 Å². The van der Waals surface area contributed by atoms with Crippen molar-refractivity contribution in [1.29, 1.82) is 0 Å². The Balaban J connectivity index is 1.44. The van der Waals surface area contributed by atoms with E-state index in [9.17, 15) is 24.3 Å². The molecule has 1 aliphatic heterocycles. The number of aliphatic hydroxyl groups excluding tert-OH is 1. The number of likely N-dealkylation sites (tertiary alicyclic amines) is 1. The average molecular weight is 494 g/mol. The molecule has 10 nitrogen and oxygen atoms in total. The van der Waals surface area contributed by atoms with E-state index in [-0.39, 0.29) is 25.0 Å². The van der Waals surface area contributed by atoms with Crippen LogP contribution in [0.15, 0.2) is 0 Å². The highest BCUT2D eigenvalue weighted by molar-refractivity contribution is 5.96. The van der Waals surface area contributed by atoms with E-state index in [0.717, 1.165) is 12.8 Å². The van der Waals surface area contributed by atoms with Crippen molar-refractivity contribution in [2.24, 2.45) is 23.2 Å². The lowest BCUT2D eigenvalue weighted by Crippen LogP contribution is -2.59. The summed E-state index contributed by atoms with van der Waals surface area (Å²) in [5.74, 6) is -0.187. The number of carbonyl (C=O) groups is 4. The molecule has 4 aliphatic rings. The van der Waals surface area contributed by atoms with Gasteiger partial charge in [0.05, 0.1) is 13.2 Å². The van der Waals surface area contributed by atoms with Gasteiger partial charge < -0.3 is 30.1 Å². The zero-order valence-electron chi connectivity index (χ0n) is 21.3. The van der Waals surface area contributed by atoms with E-state index in [2.05, 4.69) is 10.6 Å². The molecule has 3 amide bonds. The van der Waals surface area contributed by atoms with Crippen LogP contribution in [0.2, 0.25) is 0 Å². The molecule has 0 bridgehead atoms. The first-order valence-corrected chi connectivity index (χ1v) is 12.8. The number of nitrogens with one attached hydrogen (secondary N) is 2. The quantitative estimate of drug-likeness (QED) is 0.456. The van der Waals surface area contributed by atoms with E-state index in [4.69, 9.17) is 9.47 Å². The summed E-state index contributed by atoms with van der Waals surface area (Å²) >= 11 is 0. The van der Waals surface area contributed by atoms with Crippen LogP contribution in [0.1, 0.15) is 66.2 Å². The third-order valence-electron chi connectivity index (χ3n) is 8.21. The lowest BCUT2D eigenvalue weighted by molar-refractivity contribution is -0.148. The Morgan fingerprint density at radius 2 is 1.77 bits per heavy atom. The number of amides is 3. The van der Waals surface area contributed by atoms with E-state index in [1.165, 1.54) is 18.4 Å². The minimum absolute atomic E-state index is 0.0326. The van der Waals surface area contributed by atoms with Crippen molar-refractivity contribution >= 4 is 23.9 Å². The molecule has 2 unspecified atom stereocenters. The smallest absolute Gasteiger partial charge is 0.408 e. The van der Waals surface area contributed by atoms with Crippen molar-refractivity contribution in [1.82, 2.24) is 15.5 Å². The molecule has 196 valence electrons. The highest BCUT2D eigenvalue weighted by Crippen LogP contribution is 2.52. The van der Waals surface area contributed by atoms with E-state index in [1.54, 1.807) is 0 Å². The molecule has 3 aliphatic carbocycles. The Bertz CT molecular complexity index is 877. The fourth-order valence-electron chi connectivity index (χ4n) is 5.94. The number of nitrogens with zero attached hydrogens (tertiary/aromatic N) is 1. The lowest BCUT2D eigenvalue weighted by atomic mass is 9.85. The minimum atomic E-state index is -1.09. The number of ether oxygens (including phenoxy) is 2. The number of rotatable bonds is 7. The minimum Gasteiger partial charge on any atom is -0.467 e. The molecule has 3 N–H and O–H groups in total. The fourth-order valence-corrected chi connectivity index (χ4v) is 5.94. The van der Waals surface area contributed by atoms with E-state index in [0.29, 0.717) is 24.7 Å². The molecule has 8 atom stereocenters. The first-order chi connectivity index (χ1) is 16.4. The lowest BCUT2D eigenvalue weighted by Gasteiger charge is -2.35. The zero-order chi connectivity index (χ0) is 25.7. The second kappa shape index (κ2) is 9.26. The summed E-state index contributed by atoms with van der Waals surface area (Å²) in [6.07, 6.45) is 2.53. The molecule has 0 aromatic heterocycles. The van der Waals surface area contributed by atoms with E-state index >= 15 is 0 Å². The van der Waals surface area contributed by atoms with Crippen LogP contribution in [0.4, 0.5) is 4.79 Å². The highest BCUT2D eigenvalue weighted by atomic mass is 16.6. The molecule has 4 rings (SSSR count). The monoisotopic (exact) mass is 493 g/mol. The predicted molar refractivity (Wildman–Crippen MR) is 125 cm³/mol. The molecule has 0 radical (unpaired) electrons. The number of esters is 1. The summed E-state index contributed by atoms with van der Waals surface area (Å²) in [6, 6.07) is -1.91. The molecular weight excluding hydrogens is 454 g/mol. The Kier molecular flexibility index (Phi) is 6.81. The molecule has 1 saturated heterocycles. The number of fused-ring (bicyclic) bond motifs is 1. The average Bonchev–Trinajstić information content (AvgIpc) is 3.60. The Morgan fingerprint density at radius 3 is 2.31 bits per heavy atom. The summed E-state index contributed by atoms with van der Waals surface area (Å²) in [5.41, 5.74) is -1.75. The number of hydrogen-bond acceptors (Lipinski definition) is 7. The van der Waals surface area contributed by atoms with Gasteiger partial charge in [-0.05, 0) is 48.9 Å². The second-order valence-corrected chi connectivity index (χ2v) is 11.9. The number of hydrogen-bond donors (Lipinski definition) is 3. The van der Waals surface area contributed by atoms with Crippen LogP contribution < -0.4 is 10.6 Å². The summed E-state index contributed by atoms with van der Waals surface area (Å²) in [5, 5.41) is 15.9. The summed E-state index contributed by atoms with van der Waals surface area (Å²) in [7, 11) is 1.28. The van der Waals surface area contributed by atoms with Gasteiger partial charge in [0.25, 0.3) is 0 Å². The number of carbonyl (C=O) groups excluding carboxylic acids is 4. The van der Waals surface area contributed by atoms with Crippen molar-refractivity contribution in [2.45, 2.75) is 96.1 Å². The predicted octanol–water partition coefficient (Wildman–Crippen LogP) is 1.35. The van der Waals surface area contributed by atoms with Gasteiger partial charge in [0.15, 0.2) is 0 Å². The molecular formula is C25H39N3O7. The van der Waals surface area contributed by atoms with Crippen LogP contribution in [-0.4, -0.2) is 77.4 Å². The fraction of sp³-hybridized carbons (Fsp3) is 0.840. The van der Waals surface area contributed by atoms with E-state index < -0.39 is 53.0 Å². The van der Waals surface area contributed by atoms with Gasteiger partial charge in [-0.3, -0.25) is 9.59 Å². The van der Waals surface area contributed by atoms with Crippen LogP contribution in [0.25, 0.3) is 0 Å². The van der Waals surface area contributed by atoms with Crippen molar-refractivity contribution in [3.05, 3.63) is 0 Å². The van der Waals surface area contributed by atoms with Gasteiger partial charge in [-0.1, -0.05) is 34.1 Å². The topological polar surface area (TPSA) is 134 Å². The highest BCUT2D eigenvalue weighted by Gasteiger charge is 2.62. The Hall–Kier alpha value is -2.36. The van der Waals surface area contributed by atoms with Gasteiger partial charge in [-0.15, -0.1) is 0 Å². The standard InChI is InChI=1S/C25H39N3O7/c1-6-15-11-25(15,22(32)34-5)27-20(30)18-10-16(29)12-28(18)21(31)19(24(2,3)4)26-23(33)35-17-8-13-7-14(13)9-17/h13-19,29H,6-12H2,1-5H3,(H,26,33)(H,27,30)/t13-,14?,15-,16+,17?,18+,19-,25-/m1/s1. The Labute approximate surface area is 206 Å². The third kappa shape index (κ3) is 5.13. The Morgan fingerprint density at radius 1 is 1.11 bits per heavy atom. The zero-order valence-corrected chi connectivity index (χ0v) is 21.3.